The molecule has 3 N–H and O–H groups in total. The molecule has 4 aromatic carbocycles. The van der Waals surface area contributed by atoms with Crippen LogP contribution in [-0.2, 0) is 9.47 Å². The van der Waals surface area contributed by atoms with Crippen molar-refractivity contribution in [1.29, 1.82) is 5.26 Å². The van der Waals surface area contributed by atoms with Crippen LogP contribution in [0.1, 0.15) is 11.3 Å². The van der Waals surface area contributed by atoms with Gasteiger partial charge >= 0.3 is 0 Å². The van der Waals surface area contributed by atoms with Crippen molar-refractivity contribution in [3.8, 4) is 51.4 Å². The lowest BCUT2D eigenvalue weighted by molar-refractivity contribution is 0.122. The molecule has 4 aliphatic rings. The fourth-order valence-corrected chi connectivity index (χ4v) is 8.46. The Hall–Kier alpha value is -8.41. The summed E-state index contributed by atoms with van der Waals surface area (Å²) >= 11 is 6.68. The first-order chi connectivity index (χ1) is 36.8. The van der Waals surface area contributed by atoms with Crippen LogP contribution in [0.3, 0.4) is 0 Å². The van der Waals surface area contributed by atoms with Crippen molar-refractivity contribution in [3.63, 3.8) is 0 Å². The lowest BCUT2D eigenvalue weighted by atomic mass is 10.1. The third-order valence-electron chi connectivity index (χ3n) is 11.8. The average Bonchev–Trinajstić information content (AvgIpc) is 4.24. The number of anilines is 2. The smallest absolute Gasteiger partial charge is 0.194 e. The average molecular weight is 1130 g/mol. The van der Waals surface area contributed by atoms with Crippen LogP contribution in [0.25, 0.3) is 67.6 Å². The predicted molar refractivity (Wildman–Crippen MR) is 297 cm³/mol. The number of aromatic nitrogens is 11. The van der Waals surface area contributed by atoms with Crippen molar-refractivity contribution in [3.05, 3.63) is 191 Å². The number of benzene rings is 4. The molecule has 0 aliphatic carbocycles. The van der Waals surface area contributed by atoms with E-state index in [1.165, 1.54) is 17.6 Å². The number of nitriles is 1. The maximum atomic E-state index is 9.74. The summed E-state index contributed by atoms with van der Waals surface area (Å²) in [7, 11) is 0. The summed E-state index contributed by atoms with van der Waals surface area (Å²) < 4.78 is 13.8. The van der Waals surface area contributed by atoms with Gasteiger partial charge in [0.1, 0.15) is 16.7 Å². The van der Waals surface area contributed by atoms with Crippen molar-refractivity contribution < 1.29 is 14.7 Å². The number of nitrogens with zero attached hydrogens (tertiary/aromatic N) is 12. The Bertz CT molecular complexity index is 3450. The van der Waals surface area contributed by atoms with E-state index in [0.717, 1.165) is 128 Å². The van der Waals surface area contributed by atoms with Gasteiger partial charge in [-0.15, -0.1) is 0 Å². The number of morpholine rings is 2. The normalized spacial score (nSPS) is 13.0. The van der Waals surface area contributed by atoms with Crippen LogP contribution in [0.4, 0.5) is 11.4 Å². The molecule has 0 atom stereocenters. The van der Waals surface area contributed by atoms with Crippen LogP contribution in [0.5, 0.6) is 0 Å². The minimum atomic E-state index is 0.467. The zero-order chi connectivity index (χ0) is 51.8. The third-order valence-corrected chi connectivity index (χ3v) is 12.9. The van der Waals surface area contributed by atoms with E-state index in [0.29, 0.717) is 17.1 Å². The predicted octanol–water partition coefficient (Wildman–Crippen LogP) is 11.1. The second kappa shape index (κ2) is 25.5. The van der Waals surface area contributed by atoms with Crippen molar-refractivity contribution in [2.45, 2.75) is 6.92 Å². The van der Waals surface area contributed by atoms with Crippen molar-refractivity contribution in [2.75, 3.05) is 62.4 Å². The number of aromatic amines is 2. The van der Waals surface area contributed by atoms with Crippen molar-refractivity contribution >= 4 is 65.6 Å². The van der Waals surface area contributed by atoms with Crippen LogP contribution < -0.4 is 9.80 Å². The lowest BCUT2D eigenvalue weighted by Gasteiger charge is -2.28. The number of H-pyrrole nitrogens is 2. The Morgan fingerprint density at radius 3 is 1.48 bits per heavy atom. The molecular weight excluding hydrogens is 1080 g/mol. The van der Waals surface area contributed by atoms with E-state index >= 15 is 0 Å². The molecule has 0 radical (unpaired) electrons. The first kappa shape index (κ1) is 51.5. The molecule has 376 valence electrons. The van der Waals surface area contributed by atoms with Gasteiger partial charge in [0, 0.05) is 113 Å². The lowest BCUT2D eigenvalue weighted by Crippen LogP contribution is -2.36. The Morgan fingerprint density at radius 2 is 1.03 bits per heavy atom. The largest absolute Gasteiger partial charge is 0.427 e. The van der Waals surface area contributed by atoms with Crippen LogP contribution >= 0.6 is 31.9 Å². The van der Waals surface area contributed by atoms with E-state index in [1.54, 1.807) is 61.7 Å². The summed E-state index contributed by atoms with van der Waals surface area (Å²) in [6.07, 6.45) is 14.9. The van der Waals surface area contributed by atoms with Gasteiger partial charge in [-0.2, -0.15) is 9.99 Å². The molecule has 9 heterocycles. The second-order valence-electron chi connectivity index (χ2n) is 16.8. The molecule has 0 spiro atoms. The number of nitrogens with one attached hydrogen (secondary N) is 2. The third kappa shape index (κ3) is 14.0. The Morgan fingerprint density at radius 1 is 0.547 bits per heavy atom. The van der Waals surface area contributed by atoms with Gasteiger partial charge in [0.05, 0.1) is 55.6 Å². The standard InChI is InChI=1S/C16H16N4O2.C16H16N4O.C12H8BrN3.C7H4BrN.C5H6N2/c21-20-6-5-17-15-11-14(18-16(15)20)12-1-3-13(4-2-12)19-7-9-22-10-8-19;1-3-13(20-7-9-21-10-8-20)4-2-12(1)14-11-15-16(19-14)18-6-5-17-15;13-9-3-1-8(2-4-9)10-7-11-12(16-10)15-6-5-14-11;8-7-3-1-6(5-9)2-4-7;1-5-4-6-2-3-7-5/h1-6,11,21H,7-10H2;1-6,11H,7-10H2,(H,18,19);1-7H,(H,15,16);1-4H;2-4H,1H3. The van der Waals surface area contributed by atoms with Gasteiger partial charge in [0.25, 0.3) is 0 Å². The number of ether oxygens (including phenoxy) is 2. The molecule has 2 fully saturated rings. The zero-order valence-corrected chi connectivity index (χ0v) is 43.9. The molecule has 0 unspecified atom stereocenters. The van der Waals surface area contributed by atoms with E-state index in [1.807, 2.05) is 67.6 Å². The number of rotatable bonds is 5. The molecule has 2 saturated heterocycles. The Balaban J connectivity index is 0.000000121. The van der Waals surface area contributed by atoms with Crippen LogP contribution in [-0.4, -0.2) is 112 Å². The quantitative estimate of drug-likeness (QED) is 0.137. The molecule has 5 aromatic heterocycles. The van der Waals surface area contributed by atoms with Gasteiger partial charge in [-0.25, -0.2) is 15.0 Å². The molecule has 17 nitrogen and oxygen atoms in total. The van der Waals surface area contributed by atoms with Crippen molar-refractivity contribution in [1.82, 2.24) is 54.6 Å². The second-order valence-corrected chi connectivity index (χ2v) is 18.7. The number of hydrogen-bond donors (Lipinski definition) is 3. The van der Waals surface area contributed by atoms with Crippen molar-refractivity contribution in [2.24, 2.45) is 0 Å². The van der Waals surface area contributed by atoms with Crippen LogP contribution in [0.15, 0.2) is 180 Å². The van der Waals surface area contributed by atoms with Crippen LogP contribution in [0.2, 0.25) is 0 Å². The number of halogens is 2. The number of fused-ring (bicyclic) bond motifs is 3. The minimum Gasteiger partial charge on any atom is -0.427 e. The molecule has 75 heavy (non-hydrogen) atoms. The SMILES string of the molecule is Brc1ccc(-c2cc3nccnc3[nH]2)cc1.Cc1cnccn1.N#Cc1ccc(Br)cc1.On1ccnc2cc(-c3ccc(N4CCOCC4)cc3)nc1-2.c1cnc2[nH]c(-c3ccc(N4CCOCC4)cc3)cc2n1. The molecular formula is C56H50Br2N14O3. The number of hydrogen-bond acceptors (Lipinski definition) is 14. The first-order valence-electron chi connectivity index (χ1n) is 23.9. The van der Waals surface area contributed by atoms with Gasteiger partial charge < -0.3 is 34.4 Å². The van der Waals surface area contributed by atoms with E-state index < -0.39 is 0 Å². The summed E-state index contributed by atoms with van der Waals surface area (Å²) in [6.45, 7) is 8.84. The number of aryl methyl sites for hydroxylation is 1. The molecule has 0 bridgehead atoms. The summed E-state index contributed by atoms with van der Waals surface area (Å²) in [5.74, 6) is 0.467. The maximum Gasteiger partial charge on any atom is 0.194 e. The molecule has 0 saturated carbocycles. The fraction of sp³-hybridized carbons (Fsp3) is 0.161. The highest BCUT2D eigenvalue weighted by molar-refractivity contribution is 9.10. The van der Waals surface area contributed by atoms with Gasteiger partial charge in [0.2, 0.25) is 0 Å². The molecule has 0 amide bonds. The molecule has 19 heteroatoms. The summed E-state index contributed by atoms with van der Waals surface area (Å²) in [5, 5.41) is 18.1. The van der Waals surface area contributed by atoms with E-state index in [4.69, 9.17) is 14.7 Å². The van der Waals surface area contributed by atoms with Crippen LogP contribution in [0, 0.1) is 18.3 Å². The summed E-state index contributed by atoms with van der Waals surface area (Å²) in [4.78, 5) is 44.6. The van der Waals surface area contributed by atoms with E-state index in [9.17, 15) is 5.21 Å². The van der Waals surface area contributed by atoms with Gasteiger partial charge in [0.15, 0.2) is 17.1 Å². The highest BCUT2D eigenvalue weighted by atomic mass is 79.9. The van der Waals surface area contributed by atoms with E-state index in [-0.39, 0.29) is 0 Å². The highest BCUT2D eigenvalue weighted by Gasteiger charge is 2.16. The first-order valence-corrected chi connectivity index (χ1v) is 25.5. The topological polar surface area (TPSA) is 209 Å². The minimum absolute atomic E-state index is 0.467. The van der Waals surface area contributed by atoms with Gasteiger partial charge in [-0.3, -0.25) is 24.9 Å². The molecule has 9 aromatic rings. The molecule has 4 aliphatic heterocycles. The Kier molecular flexibility index (Phi) is 17.5. The molecule has 13 rings (SSSR count). The summed E-state index contributed by atoms with van der Waals surface area (Å²) in [6, 6.07) is 40.2. The Labute approximate surface area is 449 Å². The fourth-order valence-electron chi connectivity index (χ4n) is 7.94. The van der Waals surface area contributed by atoms with Gasteiger partial charge in [-0.05, 0) is 96.9 Å². The monoisotopic (exact) mass is 1120 g/mol. The van der Waals surface area contributed by atoms with E-state index in [2.05, 4.69) is 140 Å². The summed E-state index contributed by atoms with van der Waals surface area (Å²) in [5.41, 5.74) is 14.4. The highest BCUT2D eigenvalue weighted by Crippen LogP contribution is 2.29. The van der Waals surface area contributed by atoms with Gasteiger partial charge in [-0.1, -0.05) is 68.3 Å². The maximum absolute atomic E-state index is 9.74. The zero-order valence-electron chi connectivity index (χ0n) is 40.7.